The molecule has 1 aromatic carbocycles. The van der Waals surface area contributed by atoms with Crippen molar-refractivity contribution in [2.75, 3.05) is 13.2 Å². The van der Waals surface area contributed by atoms with Crippen molar-refractivity contribution in [3.63, 3.8) is 0 Å². The Morgan fingerprint density at radius 3 is 2.27 bits per heavy atom. The maximum Gasteiger partial charge on any atom is 0.138 e. The van der Waals surface area contributed by atoms with Gasteiger partial charge in [0.25, 0.3) is 0 Å². The lowest BCUT2D eigenvalue weighted by molar-refractivity contribution is 0.0251. The minimum Gasteiger partial charge on any atom is -0.492 e. The van der Waals surface area contributed by atoms with Gasteiger partial charge in [-0.25, -0.2) is 0 Å². The van der Waals surface area contributed by atoms with Gasteiger partial charge in [0.05, 0.1) is 18.3 Å². The summed E-state index contributed by atoms with van der Waals surface area (Å²) < 4.78 is 11.6. The fourth-order valence-electron chi connectivity index (χ4n) is 3.65. The minimum atomic E-state index is 0.326. The minimum absolute atomic E-state index is 0.326. The summed E-state index contributed by atoms with van der Waals surface area (Å²) >= 11 is 0. The largest absolute Gasteiger partial charge is 0.492 e. The second-order valence-electron chi connectivity index (χ2n) is 7.03. The normalized spacial score (nSPS) is 19.5. The zero-order valence-corrected chi connectivity index (χ0v) is 16.1. The molecule has 26 heavy (non-hydrogen) atoms. The first-order valence-corrected chi connectivity index (χ1v) is 9.96. The zero-order valence-electron chi connectivity index (χ0n) is 16.1. The van der Waals surface area contributed by atoms with E-state index in [4.69, 9.17) is 9.47 Å². The monoisotopic (exact) mass is 354 g/mol. The van der Waals surface area contributed by atoms with Crippen LogP contribution < -0.4 is 4.74 Å². The molecular formula is C22H30N2O2. The van der Waals surface area contributed by atoms with Crippen LogP contribution in [0.3, 0.4) is 0 Å². The molecule has 1 aromatic rings. The summed E-state index contributed by atoms with van der Waals surface area (Å²) in [6.07, 6.45) is 8.63. The second-order valence-corrected chi connectivity index (χ2v) is 7.03. The fraction of sp³-hybridized carbons (Fsp3) is 0.636. The number of nitriles is 2. The van der Waals surface area contributed by atoms with Crippen LogP contribution in [0.4, 0.5) is 0 Å². The molecule has 0 aromatic heterocycles. The van der Waals surface area contributed by atoms with Gasteiger partial charge >= 0.3 is 0 Å². The number of rotatable bonds is 9. The first-order valence-electron chi connectivity index (χ1n) is 9.96. The third-order valence-electron chi connectivity index (χ3n) is 5.10. The average molecular weight is 354 g/mol. The van der Waals surface area contributed by atoms with Crippen molar-refractivity contribution in [3.05, 3.63) is 28.8 Å². The van der Waals surface area contributed by atoms with E-state index in [1.807, 2.05) is 12.1 Å². The summed E-state index contributed by atoms with van der Waals surface area (Å²) in [5, 5.41) is 19.3. The summed E-state index contributed by atoms with van der Waals surface area (Å²) in [7, 11) is 0. The second kappa shape index (κ2) is 10.8. The molecular weight excluding hydrogens is 324 g/mol. The van der Waals surface area contributed by atoms with Crippen molar-refractivity contribution in [1.29, 1.82) is 10.5 Å². The Morgan fingerprint density at radius 2 is 1.65 bits per heavy atom. The van der Waals surface area contributed by atoms with Gasteiger partial charge in [-0.1, -0.05) is 32.8 Å². The van der Waals surface area contributed by atoms with Gasteiger partial charge in [0.15, 0.2) is 0 Å². The number of benzene rings is 1. The predicted molar refractivity (Wildman–Crippen MR) is 102 cm³/mol. The summed E-state index contributed by atoms with van der Waals surface area (Å²) in [5.41, 5.74) is 1.89. The molecule has 1 aliphatic rings. The van der Waals surface area contributed by atoms with Crippen LogP contribution in [0.2, 0.25) is 0 Å². The summed E-state index contributed by atoms with van der Waals surface area (Å²) in [6, 6.07) is 8.33. The molecule has 0 radical (unpaired) electrons. The molecule has 1 fully saturated rings. The molecule has 140 valence electrons. The molecule has 4 nitrogen and oxygen atoms in total. The van der Waals surface area contributed by atoms with Crippen LogP contribution >= 0.6 is 0 Å². The van der Waals surface area contributed by atoms with Gasteiger partial charge in [-0.05, 0) is 56.1 Å². The Kier molecular flexibility index (Phi) is 8.45. The van der Waals surface area contributed by atoms with Crippen molar-refractivity contribution < 1.29 is 9.47 Å². The Morgan fingerprint density at radius 1 is 0.923 bits per heavy atom. The number of nitrogens with zero attached hydrogens (tertiary/aromatic N) is 2. The molecule has 2 rings (SSSR count). The van der Waals surface area contributed by atoms with Crippen molar-refractivity contribution in [2.24, 2.45) is 0 Å². The molecule has 0 aliphatic heterocycles. The summed E-state index contributed by atoms with van der Waals surface area (Å²) in [6.45, 7) is 5.68. The molecule has 0 heterocycles. The number of hydrogen-bond acceptors (Lipinski definition) is 4. The van der Waals surface area contributed by atoms with Crippen molar-refractivity contribution in [3.8, 4) is 17.9 Å². The van der Waals surface area contributed by atoms with Crippen molar-refractivity contribution >= 4 is 0 Å². The van der Waals surface area contributed by atoms with Crippen LogP contribution in [0.5, 0.6) is 5.75 Å². The third kappa shape index (κ3) is 5.23. The first kappa shape index (κ1) is 20.3. The highest BCUT2D eigenvalue weighted by Crippen LogP contribution is 2.38. The van der Waals surface area contributed by atoms with Gasteiger partial charge in [-0.3, -0.25) is 0 Å². The lowest BCUT2D eigenvalue weighted by Crippen LogP contribution is -2.21. The topological polar surface area (TPSA) is 66.0 Å². The predicted octanol–water partition coefficient (Wildman–Crippen LogP) is 5.45. The fourth-order valence-corrected chi connectivity index (χ4v) is 3.65. The van der Waals surface area contributed by atoms with E-state index in [1.165, 1.54) is 0 Å². The van der Waals surface area contributed by atoms with E-state index in [9.17, 15) is 10.5 Å². The van der Waals surface area contributed by atoms with Crippen molar-refractivity contribution in [2.45, 2.75) is 77.2 Å². The first-order chi connectivity index (χ1) is 12.7. The maximum atomic E-state index is 9.68. The van der Waals surface area contributed by atoms with E-state index >= 15 is 0 Å². The highest BCUT2D eigenvalue weighted by molar-refractivity contribution is 5.58. The number of unbranched alkanes of at least 4 members (excludes halogenated alkanes) is 2. The number of ether oxygens (including phenoxy) is 2. The Labute approximate surface area is 157 Å². The highest BCUT2D eigenvalue weighted by Gasteiger charge is 2.26. The molecule has 0 spiro atoms. The molecule has 1 aliphatic carbocycles. The van der Waals surface area contributed by atoms with E-state index in [0.717, 1.165) is 63.5 Å². The van der Waals surface area contributed by atoms with Crippen LogP contribution in [0.25, 0.3) is 0 Å². The molecule has 0 amide bonds. The Bertz CT molecular complexity index is 649. The average Bonchev–Trinajstić information content (AvgIpc) is 2.69. The van der Waals surface area contributed by atoms with Gasteiger partial charge in [-0.2, -0.15) is 10.5 Å². The summed E-state index contributed by atoms with van der Waals surface area (Å²) in [5.74, 6) is 0.872. The van der Waals surface area contributed by atoms with Gasteiger partial charge in [0, 0.05) is 6.61 Å². The van der Waals surface area contributed by atoms with Gasteiger partial charge in [0.1, 0.15) is 23.5 Å². The number of hydrogen-bond donors (Lipinski definition) is 0. The molecule has 4 heteroatoms. The van der Waals surface area contributed by atoms with Gasteiger partial charge < -0.3 is 9.47 Å². The zero-order chi connectivity index (χ0) is 18.8. The van der Waals surface area contributed by atoms with Crippen molar-refractivity contribution in [1.82, 2.24) is 0 Å². The van der Waals surface area contributed by atoms with E-state index < -0.39 is 0 Å². The smallest absolute Gasteiger partial charge is 0.138 e. The van der Waals surface area contributed by atoms with Crippen LogP contribution in [-0.4, -0.2) is 19.3 Å². The molecule has 0 atom stereocenters. The van der Waals surface area contributed by atoms with E-state index in [1.54, 1.807) is 0 Å². The highest BCUT2D eigenvalue weighted by atomic mass is 16.5. The Balaban J connectivity index is 2.10. The van der Waals surface area contributed by atoms with Gasteiger partial charge in [0.2, 0.25) is 0 Å². The molecule has 0 unspecified atom stereocenters. The standard InChI is InChI=1S/C22H30N2O2/c1-3-5-6-14-26-22-12-11-19(20(15-23)21(22)16-24)17-7-9-18(10-8-17)25-13-4-2/h11-12,17-18H,3-10,13-14H2,1-2H3. The Hall–Kier alpha value is -2.04. The molecule has 0 saturated heterocycles. The van der Waals surface area contributed by atoms with Crippen LogP contribution in [0, 0.1) is 22.7 Å². The van der Waals surface area contributed by atoms with E-state index in [2.05, 4.69) is 26.0 Å². The van der Waals surface area contributed by atoms with E-state index in [-0.39, 0.29) is 0 Å². The van der Waals surface area contributed by atoms with Crippen LogP contribution in [-0.2, 0) is 4.74 Å². The molecule has 0 N–H and O–H groups in total. The van der Waals surface area contributed by atoms with Crippen LogP contribution in [0.1, 0.15) is 87.8 Å². The van der Waals surface area contributed by atoms with Gasteiger partial charge in [-0.15, -0.1) is 0 Å². The van der Waals surface area contributed by atoms with Crippen LogP contribution in [0.15, 0.2) is 12.1 Å². The quantitative estimate of drug-likeness (QED) is 0.553. The lowest BCUT2D eigenvalue weighted by Gasteiger charge is -2.29. The lowest BCUT2D eigenvalue weighted by atomic mass is 9.80. The maximum absolute atomic E-state index is 9.68. The van der Waals surface area contributed by atoms with E-state index in [0.29, 0.717) is 35.5 Å². The molecule has 1 saturated carbocycles. The SMILES string of the molecule is CCCCCOc1ccc(C2CCC(OCCC)CC2)c(C#N)c1C#N. The summed E-state index contributed by atoms with van der Waals surface area (Å²) in [4.78, 5) is 0. The third-order valence-corrected chi connectivity index (χ3v) is 5.10. The molecule has 0 bridgehead atoms.